The smallest absolute Gasteiger partial charge is 0.412 e. The van der Waals surface area contributed by atoms with Crippen LogP contribution in [0.25, 0.3) is 0 Å². The molecule has 0 aliphatic carbocycles. The molecule has 0 atom stereocenters. The highest BCUT2D eigenvalue weighted by Gasteiger charge is 2.01. The summed E-state index contributed by atoms with van der Waals surface area (Å²) in [5.41, 5.74) is 0. The molecule has 66 valence electrons. The summed E-state index contributed by atoms with van der Waals surface area (Å²) in [4.78, 5) is 10.9. The number of anilines is 1. The summed E-state index contributed by atoms with van der Waals surface area (Å²) >= 11 is 1.47. The lowest BCUT2D eigenvalue weighted by Gasteiger charge is -2.02. The largest absolute Gasteiger partial charge is 0.449 e. The van der Waals surface area contributed by atoms with Crippen molar-refractivity contribution in [3.8, 4) is 0 Å². The van der Waals surface area contributed by atoms with E-state index in [2.05, 4.69) is 5.32 Å². The quantitative estimate of drug-likeness (QED) is 0.786. The van der Waals surface area contributed by atoms with Gasteiger partial charge in [-0.2, -0.15) is 0 Å². The Morgan fingerprint density at radius 1 is 1.75 bits per heavy atom. The molecular weight excluding hydrogens is 174 g/mol. The predicted octanol–water partition coefficient (Wildman–Crippen LogP) is 2.71. The number of carbonyl (C=O) groups is 1. The van der Waals surface area contributed by atoms with Gasteiger partial charge < -0.3 is 4.74 Å². The number of nitrogens with one attached hydrogen (secondary N) is 1. The normalized spacial score (nSPS) is 9.42. The van der Waals surface area contributed by atoms with E-state index >= 15 is 0 Å². The molecule has 0 spiro atoms. The molecule has 0 saturated carbocycles. The third-order valence-corrected chi connectivity index (χ3v) is 1.97. The number of hydrogen-bond donors (Lipinski definition) is 1. The van der Waals surface area contributed by atoms with Crippen LogP contribution in [0.4, 0.5) is 9.80 Å². The molecule has 3 nitrogen and oxygen atoms in total. The van der Waals surface area contributed by atoms with Gasteiger partial charge in [0.2, 0.25) is 0 Å². The van der Waals surface area contributed by atoms with Gasteiger partial charge in [0.25, 0.3) is 0 Å². The number of hydrogen-bond acceptors (Lipinski definition) is 3. The highest BCUT2D eigenvalue weighted by molar-refractivity contribution is 7.14. The first-order chi connectivity index (χ1) is 5.83. The van der Waals surface area contributed by atoms with Crippen molar-refractivity contribution in [3.05, 3.63) is 17.5 Å². The van der Waals surface area contributed by atoms with Crippen LogP contribution in [0.3, 0.4) is 0 Å². The lowest BCUT2D eigenvalue weighted by Crippen LogP contribution is -2.12. The number of ether oxygens (including phenoxy) is 1. The zero-order chi connectivity index (χ0) is 8.81. The second-order valence-electron chi connectivity index (χ2n) is 2.24. The molecule has 1 amide bonds. The van der Waals surface area contributed by atoms with E-state index in [9.17, 15) is 4.79 Å². The van der Waals surface area contributed by atoms with Crippen LogP contribution in [-0.2, 0) is 4.74 Å². The van der Waals surface area contributed by atoms with Crippen LogP contribution in [-0.4, -0.2) is 12.7 Å². The number of amides is 1. The minimum absolute atomic E-state index is 0.376. The van der Waals surface area contributed by atoms with Crippen LogP contribution in [0.5, 0.6) is 0 Å². The van der Waals surface area contributed by atoms with E-state index in [0.29, 0.717) is 6.61 Å². The summed E-state index contributed by atoms with van der Waals surface area (Å²) in [6.45, 7) is 2.43. The van der Waals surface area contributed by atoms with Gasteiger partial charge in [-0.25, -0.2) is 4.79 Å². The summed E-state index contributed by atoms with van der Waals surface area (Å²) in [6, 6.07) is 3.71. The summed E-state index contributed by atoms with van der Waals surface area (Å²) in [6.07, 6.45) is 0.469. The Morgan fingerprint density at radius 2 is 2.58 bits per heavy atom. The second-order valence-corrected chi connectivity index (χ2v) is 3.19. The average molecular weight is 185 g/mol. The second kappa shape index (κ2) is 4.77. The summed E-state index contributed by atoms with van der Waals surface area (Å²) in [5.74, 6) is 0. The molecule has 1 N–H and O–H groups in total. The van der Waals surface area contributed by atoms with E-state index in [1.165, 1.54) is 11.3 Å². The molecule has 0 aliphatic heterocycles. The first kappa shape index (κ1) is 9.06. The minimum Gasteiger partial charge on any atom is -0.449 e. The van der Waals surface area contributed by atoms with Gasteiger partial charge >= 0.3 is 6.09 Å². The van der Waals surface area contributed by atoms with Crippen molar-refractivity contribution in [2.45, 2.75) is 13.3 Å². The fourth-order valence-electron chi connectivity index (χ4n) is 0.681. The predicted molar refractivity (Wildman–Crippen MR) is 49.6 cm³/mol. The molecule has 0 aliphatic rings. The minimum atomic E-state index is -0.376. The Hall–Kier alpha value is -1.03. The average Bonchev–Trinajstić information content (AvgIpc) is 2.53. The zero-order valence-electron chi connectivity index (χ0n) is 6.87. The Labute approximate surface area is 75.4 Å². The molecule has 12 heavy (non-hydrogen) atoms. The Morgan fingerprint density at radius 3 is 3.17 bits per heavy atom. The molecule has 1 aromatic heterocycles. The number of thiophene rings is 1. The van der Waals surface area contributed by atoms with Crippen molar-refractivity contribution < 1.29 is 9.53 Å². The number of carbonyl (C=O) groups excluding carboxylic acids is 1. The monoisotopic (exact) mass is 185 g/mol. The van der Waals surface area contributed by atoms with Gasteiger partial charge in [0.15, 0.2) is 0 Å². The fraction of sp³-hybridized carbons (Fsp3) is 0.375. The van der Waals surface area contributed by atoms with Gasteiger partial charge in [-0.3, -0.25) is 5.32 Å². The zero-order valence-corrected chi connectivity index (χ0v) is 7.69. The van der Waals surface area contributed by atoms with Crippen molar-refractivity contribution in [2.24, 2.45) is 0 Å². The van der Waals surface area contributed by atoms with E-state index in [-0.39, 0.29) is 6.09 Å². The van der Waals surface area contributed by atoms with Gasteiger partial charge in [-0.15, -0.1) is 11.3 Å². The van der Waals surface area contributed by atoms with Crippen LogP contribution >= 0.6 is 11.3 Å². The third-order valence-electron chi connectivity index (χ3n) is 1.18. The van der Waals surface area contributed by atoms with Crippen LogP contribution in [0, 0.1) is 0 Å². The molecule has 0 fully saturated rings. The maximum atomic E-state index is 10.9. The SMILES string of the molecule is CCCOC(=O)Nc1cccs1. The van der Waals surface area contributed by atoms with Crippen molar-refractivity contribution >= 4 is 22.4 Å². The lowest BCUT2D eigenvalue weighted by molar-refractivity contribution is 0.162. The van der Waals surface area contributed by atoms with Crippen LogP contribution in [0.15, 0.2) is 17.5 Å². The maximum Gasteiger partial charge on any atom is 0.412 e. The molecule has 0 radical (unpaired) electrons. The summed E-state index contributed by atoms with van der Waals surface area (Å²) in [7, 11) is 0. The van der Waals surface area contributed by atoms with Gasteiger partial charge in [-0.05, 0) is 23.9 Å². The summed E-state index contributed by atoms with van der Waals surface area (Å²) < 4.78 is 4.82. The van der Waals surface area contributed by atoms with Gasteiger partial charge in [-0.1, -0.05) is 6.92 Å². The highest BCUT2D eigenvalue weighted by Crippen LogP contribution is 2.14. The highest BCUT2D eigenvalue weighted by atomic mass is 32.1. The Balaban J connectivity index is 2.27. The number of rotatable bonds is 3. The van der Waals surface area contributed by atoms with E-state index in [1.54, 1.807) is 0 Å². The Bertz CT molecular complexity index is 233. The first-order valence-corrected chi connectivity index (χ1v) is 4.68. The Kier molecular flexibility index (Phi) is 3.60. The van der Waals surface area contributed by atoms with E-state index in [4.69, 9.17) is 4.74 Å². The van der Waals surface area contributed by atoms with Gasteiger partial charge in [0, 0.05) is 0 Å². The molecular formula is C8H11NO2S. The molecule has 4 heteroatoms. The van der Waals surface area contributed by atoms with Crippen LogP contribution in [0.1, 0.15) is 13.3 Å². The molecule has 1 heterocycles. The van der Waals surface area contributed by atoms with Crippen molar-refractivity contribution in [1.29, 1.82) is 0 Å². The van der Waals surface area contributed by atoms with E-state index < -0.39 is 0 Å². The van der Waals surface area contributed by atoms with Gasteiger partial charge in [0.05, 0.1) is 11.6 Å². The third kappa shape index (κ3) is 2.92. The first-order valence-electron chi connectivity index (χ1n) is 3.80. The molecule has 1 rings (SSSR count). The van der Waals surface area contributed by atoms with Crippen molar-refractivity contribution in [2.75, 3.05) is 11.9 Å². The fourth-order valence-corrected chi connectivity index (χ4v) is 1.28. The molecule has 0 unspecified atom stereocenters. The topological polar surface area (TPSA) is 38.3 Å². The van der Waals surface area contributed by atoms with Crippen molar-refractivity contribution in [3.63, 3.8) is 0 Å². The van der Waals surface area contributed by atoms with Crippen LogP contribution < -0.4 is 5.32 Å². The van der Waals surface area contributed by atoms with Gasteiger partial charge in [0.1, 0.15) is 0 Å². The molecule has 1 aromatic rings. The molecule has 0 aromatic carbocycles. The summed E-state index contributed by atoms with van der Waals surface area (Å²) in [5, 5.41) is 5.33. The van der Waals surface area contributed by atoms with Crippen molar-refractivity contribution in [1.82, 2.24) is 0 Å². The lowest BCUT2D eigenvalue weighted by atomic mass is 10.5. The maximum absolute atomic E-state index is 10.9. The van der Waals surface area contributed by atoms with E-state index in [0.717, 1.165) is 11.4 Å². The molecule has 0 bridgehead atoms. The van der Waals surface area contributed by atoms with E-state index in [1.807, 2.05) is 24.4 Å². The molecule has 0 saturated heterocycles. The van der Waals surface area contributed by atoms with Crippen LogP contribution in [0.2, 0.25) is 0 Å². The standard InChI is InChI=1S/C8H11NO2S/c1-2-5-11-8(10)9-7-4-3-6-12-7/h3-4,6H,2,5H2,1H3,(H,9,10).